The minimum Gasteiger partial charge on any atom is -0.352 e. The molecule has 1 N–H and O–H groups in total. The normalized spacial score (nSPS) is 15.8. The van der Waals surface area contributed by atoms with Crippen molar-refractivity contribution >= 4 is 35.2 Å². The molecule has 1 aliphatic carbocycles. The molecule has 0 saturated heterocycles. The number of hydrogen-bond acceptors (Lipinski definition) is 1. The third-order valence-electron chi connectivity index (χ3n) is 4.92. The molecule has 1 amide bonds. The number of carbonyl (C=O) groups is 1. The van der Waals surface area contributed by atoms with E-state index in [1.54, 1.807) is 0 Å². The van der Waals surface area contributed by atoms with Crippen LogP contribution < -0.4 is 5.32 Å². The Morgan fingerprint density at radius 1 is 1.03 bits per heavy atom. The summed E-state index contributed by atoms with van der Waals surface area (Å²) in [6.45, 7) is -0.319. The van der Waals surface area contributed by atoms with Crippen LogP contribution in [0.4, 0.5) is 26.3 Å². The number of amides is 1. The Bertz CT molecular complexity index is 1010. The summed E-state index contributed by atoms with van der Waals surface area (Å²) in [6, 6.07) is 6.65. The molecule has 2 aromatic carbocycles. The molecule has 32 heavy (non-hydrogen) atoms. The molecule has 0 radical (unpaired) electrons. The highest BCUT2D eigenvalue weighted by molar-refractivity contribution is 6.34. The van der Waals surface area contributed by atoms with E-state index in [0.717, 1.165) is 36.4 Å². The summed E-state index contributed by atoms with van der Waals surface area (Å²) < 4.78 is 81.3. The first-order valence-corrected chi connectivity index (χ1v) is 10.3. The Kier molecular flexibility index (Phi) is 7.15. The first-order valence-electron chi connectivity index (χ1n) is 9.53. The predicted octanol–water partition coefficient (Wildman–Crippen LogP) is 7.40. The van der Waals surface area contributed by atoms with Crippen molar-refractivity contribution in [3.05, 3.63) is 74.8 Å². The van der Waals surface area contributed by atoms with Gasteiger partial charge in [0.05, 0.1) is 11.5 Å². The van der Waals surface area contributed by atoms with Crippen molar-refractivity contribution in [3.63, 3.8) is 0 Å². The number of alkyl halides is 6. The van der Waals surface area contributed by atoms with Gasteiger partial charge in [0.1, 0.15) is 0 Å². The minimum absolute atomic E-state index is 0.00658. The summed E-state index contributed by atoms with van der Waals surface area (Å²) in [5.41, 5.74) is -1.50. The van der Waals surface area contributed by atoms with Crippen molar-refractivity contribution in [2.24, 2.45) is 5.92 Å². The number of nitrogens with one attached hydrogen (secondary N) is 1. The fourth-order valence-corrected chi connectivity index (χ4v) is 3.70. The number of halogens is 8. The molecule has 10 heteroatoms. The summed E-state index contributed by atoms with van der Waals surface area (Å²) in [7, 11) is 0. The maximum atomic E-state index is 13.6. The number of allylic oxidation sites excluding steroid dienone is 1. The lowest BCUT2D eigenvalue weighted by molar-refractivity contribution is -0.140. The second-order valence-electron chi connectivity index (χ2n) is 7.49. The molecule has 0 aromatic heterocycles. The molecule has 1 aliphatic rings. The van der Waals surface area contributed by atoms with E-state index in [-0.39, 0.29) is 45.1 Å². The SMILES string of the molecule is O=C(NCc1ccc(/C=C/C(c2cc(Cl)cc(Cl)c2)C(F)(F)F)cc1C(F)(F)F)C1CC1. The van der Waals surface area contributed by atoms with Gasteiger partial charge < -0.3 is 5.32 Å². The molecular formula is C22H17Cl2F6NO. The van der Waals surface area contributed by atoms with Crippen LogP contribution in [0.1, 0.15) is 41.0 Å². The lowest BCUT2D eigenvalue weighted by atomic mass is 9.96. The maximum Gasteiger partial charge on any atom is 0.416 e. The zero-order chi connectivity index (χ0) is 23.7. The number of carbonyl (C=O) groups excluding carboxylic acids is 1. The Labute approximate surface area is 190 Å². The molecular weight excluding hydrogens is 479 g/mol. The second kappa shape index (κ2) is 9.35. The van der Waals surface area contributed by atoms with Gasteiger partial charge in [0.15, 0.2) is 0 Å². The molecule has 0 heterocycles. The van der Waals surface area contributed by atoms with Crippen molar-refractivity contribution in [2.75, 3.05) is 0 Å². The molecule has 3 rings (SSSR count). The van der Waals surface area contributed by atoms with Crippen molar-refractivity contribution in [1.82, 2.24) is 5.32 Å². The summed E-state index contributed by atoms with van der Waals surface area (Å²) >= 11 is 11.6. The fraction of sp³-hybridized carbons (Fsp3) is 0.318. The van der Waals surface area contributed by atoms with Gasteiger partial charge >= 0.3 is 12.4 Å². The van der Waals surface area contributed by atoms with Crippen LogP contribution in [0.2, 0.25) is 10.0 Å². The monoisotopic (exact) mass is 495 g/mol. The van der Waals surface area contributed by atoms with Gasteiger partial charge in [-0.25, -0.2) is 0 Å². The van der Waals surface area contributed by atoms with E-state index in [4.69, 9.17) is 23.2 Å². The third-order valence-corrected chi connectivity index (χ3v) is 5.35. The van der Waals surface area contributed by atoms with E-state index in [0.29, 0.717) is 12.8 Å². The Hall–Kier alpha value is -2.19. The zero-order valence-electron chi connectivity index (χ0n) is 16.3. The third kappa shape index (κ3) is 6.42. The molecule has 1 atom stereocenters. The van der Waals surface area contributed by atoms with E-state index in [1.807, 2.05) is 0 Å². The predicted molar refractivity (Wildman–Crippen MR) is 110 cm³/mol. The molecule has 2 nitrogen and oxygen atoms in total. The molecule has 2 aromatic rings. The van der Waals surface area contributed by atoms with Gasteiger partial charge in [-0.3, -0.25) is 4.79 Å². The van der Waals surface area contributed by atoms with E-state index in [9.17, 15) is 31.1 Å². The van der Waals surface area contributed by atoms with Gasteiger partial charge in [-0.15, -0.1) is 0 Å². The lowest BCUT2D eigenvalue weighted by Crippen LogP contribution is -2.25. The van der Waals surface area contributed by atoms with Crippen LogP contribution in [-0.4, -0.2) is 12.1 Å². The molecule has 1 fully saturated rings. The van der Waals surface area contributed by atoms with Crippen LogP contribution in [0.25, 0.3) is 6.08 Å². The van der Waals surface area contributed by atoms with Crippen LogP contribution >= 0.6 is 23.2 Å². The fourth-order valence-electron chi connectivity index (χ4n) is 3.16. The second-order valence-corrected chi connectivity index (χ2v) is 8.36. The van der Waals surface area contributed by atoms with Crippen LogP contribution in [0, 0.1) is 5.92 Å². The van der Waals surface area contributed by atoms with Gasteiger partial charge in [0.25, 0.3) is 0 Å². The topological polar surface area (TPSA) is 29.1 Å². The Morgan fingerprint density at radius 2 is 1.66 bits per heavy atom. The molecule has 172 valence electrons. The molecule has 1 saturated carbocycles. The lowest BCUT2D eigenvalue weighted by Gasteiger charge is -2.18. The summed E-state index contributed by atoms with van der Waals surface area (Å²) in [5, 5.41) is 2.48. The number of rotatable bonds is 6. The van der Waals surface area contributed by atoms with Crippen molar-refractivity contribution in [3.8, 4) is 0 Å². The van der Waals surface area contributed by atoms with Crippen LogP contribution in [-0.2, 0) is 17.5 Å². The van der Waals surface area contributed by atoms with E-state index >= 15 is 0 Å². The average Bonchev–Trinajstić information content (AvgIpc) is 3.49. The summed E-state index contributed by atoms with van der Waals surface area (Å²) in [6.07, 6.45) is -6.32. The summed E-state index contributed by atoms with van der Waals surface area (Å²) in [5.74, 6) is -2.59. The largest absolute Gasteiger partial charge is 0.416 e. The van der Waals surface area contributed by atoms with Crippen LogP contribution in [0.3, 0.4) is 0 Å². The van der Waals surface area contributed by atoms with E-state index in [1.165, 1.54) is 12.1 Å². The highest BCUT2D eigenvalue weighted by atomic mass is 35.5. The number of benzene rings is 2. The quantitative estimate of drug-likeness (QED) is 0.415. The molecule has 0 aliphatic heterocycles. The average molecular weight is 496 g/mol. The van der Waals surface area contributed by atoms with Gasteiger partial charge in [-0.2, -0.15) is 26.3 Å². The highest BCUT2D eigenvalue weighted by Crippen LogP contribution is 2.39. The first-order chi connectivity index (χ1) is 14.8. The van der Waals surface area contributed by atoms with Crippen molar-refractivity contribution in [2.45, 2.75) is 37.7 Å². The van der Waals surface area contributed by atoms with Gasteiger partial charge in [-0.1, -0.05) is 47.5 Å². The highest BCUT2D eigenvalue weighted by Gasteiger charge is 2.39. The molecule has 1 unspecified atom stereocenters. The molecule has 0 spiro atoms. The van der Waals surface area contributed by atoms with Crippen molar-refractivity contribution in [1.29, 1.82) is 0 Å². The Morgan fingerprint density at radius 3 is 2.19 bits per heavy atom. The van der Waals surface area contributed by atoms with Gasteiger partial charge in [0.2, 0.25) is 5.91 Å². The minimum atomic E-state index is -4.74. The van der Waals surface area contributed by atoms with E-state index < -0.39 is 23.8 Å². The van der Waals surface area contributed by atoms with Gasteiger partial charge in [0, 0.05) is 22.5 Å². The van der Waals surface area contributed by atoms with Crippen molar-refractivity contribution < 1.29 is 31.1 Å². The van der Waals surface area contributed by atoms with E-state index in [2.05, 4.69) is 5.32 Å². The Balaban J connectivity index is 1.89. The van der Waals surface area contributed by atoms with Crippen LogP contribution in [0.15, 0.2) is 42.5 Å². The first kappa shape index (κ1) is 24.5. The smallest absolute Gasteiger partial charge is 0.352 e. The number of hydrogen-bond donors (Lipinski definition) is 1. The maximum absolute atomic E-state index is 13.6. The molecule has 0 bridgehead atoms. The van der Waals surface area contributed by atoms with Crippen LogP contribution in [0.5, 0.6) is 0 Å². The standard InChI is InChI=1S/C22H17Cl2F6NO/c23-16-8-15(9-17(24)10-16)18(21(25,26)27)6-2-12-1-3-14(19(7-12)22(28,29)30)11-31-20(32)13-4-5-13/h1-3,6-10,13,18H,4-5,11H2,(H,31,32)/b6-2+. The van der Waals surface area contributed by atoms with Gasteiger partial charge in [-0.05, 0) is 53.8 Å². The zero-order valence-corrected chi connectivity index (χ0v) is 17.8. The summed E-state index contributed by atoms with van der Waals surface area (Å²) in [4.78, 5) is 11.7.